The lowest BCUT2D eigenvalue weighted by molar-refractivity contribution is 0.0897. The van der Waals surface area contributed by atoms with Crippen LogP contribution in [0.1, 0.15) is 25.1 Å². The molecule has 0 radical (unpaired) electrons. The summed E-state index contributed by atoms with van der Waals surface area (Å²) in [7, 11) is 2.15. The first kappa shape index (κ1) is 27.8. The summed E-state index contributed by atoms with van der Waals surface area (Å²) in [5, 5.41) is 5.87. The van der Waals surface area contributed by atoms with Crippen molar-refractivity contribution in [3.8, 4) is 11.4 Å². The van der Waals surface area contributed by atoms with Gasteiger partial charge in [-0.2, -0.15) is 9.97 Å². The fourth-order valence-electron chi connectivity index (χ4n) is 6.25. The highest BCUT2D eigenvalue weighted by molar-refractivity contribution is 6.00. The summed E-state index contributed by atoms with van der Waals surface area (Å²) >= 11 is 0. The van der Waals surface area contributed by atoms with E-state index < -0.39 is 0 Å². The number of hydrogen-bond donors (Lipinski definition) is 2. The van der Waals surface area contributed by atoms with Crippen LogP contribution in [-0.2, 0) is 9.47 Å². The van der Waals surface area contributed by atoms with Crippen LogP contribution < -0.4 is 20.4 Å². The Morgan fingerprint density at radius 2 is 1.47 bits per heavy atom. The van der Waals surface area contributed by atoms with Gasteiger partial charge in [0, 0.05) is 48.8 Å². The van der Waals surface area contributed by atoms with Gasteiger partial charge in [-0.15, -0.1) is 0 Å². The molecule has 4 aliphatic rings. The maximum Gasteiger partial charge on any atom is 0.323 e. The molecule has 0 aliphatic carbocycles. The fraction of sp³-hybridized carbons (Fsp3) is 0.438. The number of anilines is 4. The van der Waals surface area contributed by atoms with Gasteiger partial charge in [-0.05, 0) is 80.4 Å². The second-order valence-corrected chi connectivity index (χ2v) is 11.7. The van der Waals surface area contributed by atoms with Crippen molar-refractivity contribution in [2.75, 3.05) is 80.1 Å². The minimum Gasteiger partial charge on any atom is -0.377 e. The minimum atomic E-state index is -0.293. The molecule has 224 valence electrons. The molecule has 2 amide bonds. The second-order valence-electron chi connectivity index (χ2n) is 11.7. The molecule has 2 aromatic carbocycles. The van der Waals surface area contributed by atoms with E-state index in [9.17, 15) is 4.79 Å². The van der Waals surface area contributed by atoms with Gasteiger partial charge in [0.1, 0.15) is 0 Å². The van der Waals surface area contributed by atoms with Gasteiger partial charge in [0.15, 0.2) is 11.6 Å². The highest BCUT2D eigenvalue weighted by atomic mass is 16.5. The standard InChI is InChI=1S/C32H38N8O3/c1-38-14-16-39(17-15-38)26-8-6-25(7-9-26)34-32(41)33-24-4-2-22(3-5-24)29-35-30(23-12-18-42-19-13-23)37-31(36-29)40-27-10-11-28(40)21-43-20-27/h2-9,12,27-28H,10-11,13-21H2,1H3,(H2,33,34,41). The third-order valence-corrected chi connectivity index (χ3v) is 8.74. The van der Waals surface area contributed by atoms with Crippen LogP contribution in [0.15, 0.2) is 54.6 Å². The Balaban J connectivity index is 1.05. The number of likely N-dealkylation sites (N-methyl/N-ethyl adjacent to an activating group) is 1. The first-order valence-electron chi connectivity index (χ1n) is 15.2. The number of hydrogen-bond acceptors (Lipinski definition) is 9. The smallest absolute Gasteiger partial charge is 0.323 e. The number of carbonyl (C=O) groups is 1. The molecule has 2 bridgehead atoms. The molecule has 2 unspecified atom stereocenters. The Kier molecular flexibility index (Phi) is 7.92. The van der Waals surface area contributed by atoms with Crippen LogP contribution in [0.3, 0.4) is 0 Å². The van der Waals surface area contributed by atoms with Crippen molar-refractivity contribution in [3.05, 3.63) is 60.4 Å². The van der Waals surface area contributed by atoms with Crippen molar-refractivity contribution in [1.82, 2.24) is 19.9 Å². The molecule has 11 heteroatoms. The van der Waals surface area contributed by atoms with Crippen molar-refractivity contribution in [1.29, 1.82) is 0 Å². The van der Waals surface area contributed by atoms with Crippen LogP contribution in [-0.4, -0.2) is 97.6 Å². The van der Waals surface area contributed by atoms with E-state index in [2.05, 4.69) is 50.6 Å². The summed E-state index contributed by atoms with van der Waals surface area (Å²) in [6.45, 7) is 6.75. The van der Waals surface area contributed by atoms with Crippen LogP contribution in [0, 0.1) is 0 Å². The van der Waals surface area contributed by atoms with E-state index >= 15 is 0 Å². The summed E-state index contributed by atoms with van der Waals surface area (Å²) in [5.74, 6) is 2.03. The van der Waals surface area contributed by atoms with Gasteiger partial charge < -0.3 is 34.8 Å². The van der Waals surface area contributed by atoms with E-state index in [0.29, 0.717) is 61.8 Å². The molecule has 7 rings (SSSR count). The van der Waals surface area contributed by atoms with Crippen molar-refractivity contribution < 1.29 is 14.3 Å². The molecule has 3 fully saturated rings. The summed E-state index contributed by atoms with van der Waals surface area (Å²) < 4.78 is 11.3. The van der Waals surface area contributed by atoms with Crippen molar-refractivity contribution in [3.63, 3.8) is 0 Å². The lowest BCUT2D eigenvalue weighted by Gasteiger charge is -2.34. The quantitative estimate of drug-likeness (QED) is 0.444. The van der Waals surface area contributed by atoms with Crippen LogP contribution in [0.4, 0.5) is 27.8 Å². The lowest BCUT2D eigenvalue weighted by Crippen LogP contribution is -2.47. The molecule has 4 aliphatic heterocycles. The average Bonchev–Trinajstić information content (AvgIpc) is 3.30. The Morgan fingerprint density at radius 1 is 0.814 bits per heavy atom. The molecule has 43 heavy (non-hydrogen) atoms. The van der Waals surface area contributed by atoms with Gasteiger partial charge in [-0.25, -0.2) is 9.78 Å². The summed E-state index contributed by atoms with van der Waals surface area (Å²) in [6, 6.07) is 15.9. The van der Waals surface area contributed by atoms with Crippen molar-refractivity contribution in [2.24, 2.45) is 0 Å². The van der Waals surface area contributed by atoms with E-state index in [4.69, 9.17) is 24.4 Å². The third kappa shape index (κ3) is 6.20. The number of fused-ring (bicyclic) bond motifs is 2. The molecule has 11 nitrogen and oxygen atoms in total. The van der Waals surface area contributed by atoms with E-state index in [1.165, 1.54) is 5.69 Å². The molecule has 0 spiro atoms. The Morgan fingerprint density at radius 3 is 2.12 bits per heavy atom. The molecular weight excluding hydrogens is 544 g/mol. The predicted octanol–water partition coefficient (Wildman–Crippen LogP) is 4.11. The Bertz CT molecular complexity index is 1450. The van der Waals surface area contributed by atoms with Gasteiger partial charge in [-0.1, -0.05) is 6.08 Å². The highest BCUT2D eigenvalue weighted by Gasteiger charge is 2.39. The van der Waals surface area contributed by atoms with Crippen LogP contribution >= 0.6 is 0 Å². The lowest BCUT2D eigenvalue weighted by atomic mass is 10.1. The average molecular weight is 583 g/mol. The Hall–Kier alpha value is -4.06. The Labute approximate surface area is 251 Å². The zero-order valence-electron chi connectivity index (χ0n) is 24.5. The number of amides is 2. The van der Waals surface area contributed by atoms with Crippen LogP contribution in [0.25, 0.3) is 17.0 Å². The molecule has 0 saturated carbocycles. The number of urea groups is 1. The molecule has 3 aromatic rings. The molecule has 1 aromatic heterocycles. The number of aromatic nitrogens is 3. The number of rotatable bonds is 6. The topological polar surface area (TPSA) is 108 Å². The SMILES string of the molecule is CN1CCN(c2ccc(NC(=O)Nc3ccc(-c4nc(C5=CCOCC5)nc(N5C6CCC5COC6)n4)cc3)cc2)CC1. The number of nitrogens with one attached hydrogen (secondary N) is 2. The molecule has 5 heterocycles. The summed E-state index contributed by atoms with van der Waals surface area (Å²) in [5.41, 5.74) is 4.56. The monoisotopic (exact) mass is 582 g/mol. The van der Waals surface area contributed by atoms with Gasteiger partial charge in [0.05, 0.1) is 38.5 Å². The maximum atomic E-state index is 12.8. The number of morpholine rings is 1. The summed E-state index contributed by atoms with van der Waals surface area (Å²) in [4.78, 5) is 34.5. The van der Waals surface area contributed by atoms with Crippen molar-refractivity contribution in [2.45, 2.75) is 31.3 Å². The molecule has 3 saturated heterocycles. The van der Waals surface area contributed by atoms with E-state index in [1.54, 1.807) is 0 Å². The fourth-order valence-corrected chi connectivity index (χ4v) is 6.25. The van der Waals surface area contributed by atoms with Gasteiger partial charge >= 0.3 is 6.03 Å². The van der Waals surface area contributed by atoms with Gasteiger partial charge in [0.25, 0.3) is 0 Å². The number of piperazine rings is 1. The van der Waals surface area contributed by atoms with E-state index in [1.807, 2.05) is 36.4 Å². The maximum absolute atomic E-state index is 12.8. The molecule has 2 N–H and O–H groups in total. The molecular formula is C32H38N8O3. The first-order chi connectivity index (χ1) is 21.1. The number of ether oxygens (including phenoxy) is 2. The zero-order chi connectivity index (χ0) is 29.2. The van der Waals surface area contributed by atoms with Gasteiger partial charge in [-0.3, -0.25) is 0 Å². The van der Waals surface area contributed by atoms with Crippen molar-refractivity contribution >= 4 is 34.6 Å². The zero-order valence-corrected chi connectivity index (χ0v) is 24.5. The number of nitrogens with zero attached hydrogens (tertiary/aromatic N) is 6. The number of benzene rings is 2. The largest absolute Gasteiger partial charge is 0.377 e. The second kappa shape index (κ2) is 12.3. The summed E-state index contributed by atoms with van der Waals surface area (Å²) in [6.07, 6.45) is 5.00. The van der Waals surface area contributed by atoms with E-state index in [-0.39, 0.29) is 6.03 Å². The highest BCUT2D eigenvalue weighted by Crippen LogP contribution is 2.34. The number of carbonyl (C=O) groups excluding carboxylic acids is 1. The third-order valence-electron chi connectivity index (χ3n) is 8.74. The van der Waals surface area contributed by atoms with E-state index in [0.717, 1.165) is 62.3 Å². The van der Waals surface area contributed by atoms with Crippen LogP contribution in [0.5, 0.6) is 0 Å². The predicted molar refractivity (Wildman–Crippen MR) is 168 cm³/mol. The normalized spacial score (nSPS) is 22.3. The van der Waals surface area contributed by atoms with Gasteiger partial charge in [0.2, 0.25) is 5.95 Å². The first-order valence-corrected chi connectivity index (χ1v) is 15.2. The molecule has 2 atom stereocenters. The minimum absolute atomic E-state index is 0.290. The van der Waals surface area contributed by atoms with Crippen LogP contribution in [0.2, 0.25) is 0 Å².